The number of carboxylic acid groups (broad SMARTS) is 1. The van der Waals surface area contributed by atoms with Crippen molar-refractivity contribution in [3.8, 4) is 0 Å². The Morgan fingerprint density at radius 1 is 1.36 bits per heavy atom. The standard InChI is InChI=1S/C14H16ClF2NO4/c1-14(2,3)22-13(21)18-9(12(19)20)6-7-4-5-8(16)10(15)11(7)17/h4-5,9H,6H2,1-3H3,(H,18,21)(H,19,20). The lowest BCUT2D eigenvalue weighted by Gasteiger charge is -2.22. The number of carboxylic acids is 1. The SMILES string of the molecule is CC(C)(C)OC(=O)NC(Cc1ccc(F)c(Cl)c1F)C(=O)O. The topological polar surface area (TPSA) is 75.6 Å². The van der Waals surface area contributed by atoms with Gasteiger partial charge in [-0.3, -0.25) is 0 Å². The zero-order chi connectivity index (χ0) is 17.1. The van der Waals surface area contributed by atoms with Crippen LogP contribution in [0.2, 0.25) is 5.02 Å². The fraction of sp³-hybridized carbons (Fsp3) is 0.429. The van der Waals surface area contributed by atoms with Crippen LogP contribution < -0.4 is 5.32 Å². The normalized spacial score (nSPS) is 12.6. The van der Waals surface area contributed by atoms with Crippen LogP contribution in [0.15, 0.2) is 12.1 Å². The summed E-state index contributed by atoms with van der Waals surface area (Å²) in [6.45, 7) is 4.84. The van der Waals surface area contributed by atoms with E-state index in [9.17, 15) is 18.4 Å². The van der Waals surface area contributed by atoms with Gasteiger partial charge in [-0.2, -0.15) is 0 Å². The van der Waals surface area contributed by atoms with E-state index in [1.165, 1.54) is 0 Å². The van der Waals surface area contributed by atoms with Crippen molar-refractivity contribution < 1.29 is 28.2 Å². The third kappa shape index (κ3) is 5.14. The molecule has 22 heavy (non-hydrogen) atoms. The highest BCUT2D eigenvalue weighted by molar-refractivity contribution is 6.30. The van der Waals surface area contributed by atoms with Crippen molar-refractivity contribution in [3.05, 3.63) is 34.4 Å². The molecule has 0 aliphatic rings. The van der Waals surface area contributed by atoms with Crippen molar-refractivity contribution in [2.45, 2.75) is 38.8 Å². The summed E-state index contributed by atoms with van der Waals surface area (Å²) in [6, 6.07) is 0.557. The number of nitrogens with one attached hydrogen (secondary N) is 1. The van der Waals surface area contributed by atoms with Crippen LogP contribution in [0.4, 0.5) is 13.6 Å². The van der Waals surface area contributed by atoms with Gasteiger partial charge in [0, 0.05) is 6.42 Å². The third-order valence-corrected chi connectivity index (χ3v) is 2.87. The van der Waals surface area contributed by atoms with Crippen molar-refractivity contribution in [1.29, 1.82) is 0 Å². The molecule has 0 aliphatic heterocycles. The lowest BCUT2D eigenvalue weighted by Crippen LogP contribution is -2.44. The second-order valence-corrected chi connectivity index (χ2v) is 5.95. The van der Waals surface area contributed by atoms with E-state index >= 15 is 0 Å². The van der Waals surface area contributed by atoms with E-state index in [0.29, 0.717) is 0 Å². The first kappa shape index (κ1) is 18.2. The molecule has 0 aromatic heterocycles. The zero-order valence-corrected chi connectivity index (χ0v) is 13.0. The van der Waals surface area contributed by atoms with E-state index in [0.717, 1.165) is 12.1 Å². The first-order valence-corrected chi connectivity index (χ1v) is 6.73. The van der Waals surface area contributed by atoms with Crippen LogP contribution >= 0.6 is 11.6 Å². The van der Waals surface area contributed by atoms with Gasteiger partial charge in [0.15, 0.2) is 0 Å². The number of alkyl carbamates (subject to hydrolysis) is 1. The van der Waals surface area contributed by atoms with Crippen molar-refractivity contribution >= 4 is 23.7 Å². The molecule has 0 bridgehead atoms. The molecule has 1 amide bonds. The molecule has 1 unspecified atom stereocenters. The number of ether oxygens (including phenoxy) is 1. The number of hydrogen-bond donors (Lipinski definition) is 2. The van der Waals surface area contributed by atoms with Crippen molar-refractivity contribution in [2.24, 2.45) is 0 Å². The zero-order valence-electron chi connectivity index (χ0n) is 12.2. The summed E-state index contributed by atoms with van der Waals surface area (Å²) in [6.07, 6.45) is -1.35. The van der Waals surface area contributed by atoms with E-state index in [2.05, 4.69) is 5.32 Å². The number of rotatable bonds is 4. The van der Waals surface area contributed by atoms with Gasteiger partial charge >= 0.3 is 12.1 Å². The highest BCUT2D eigenvalue weighted by atomic mass is 35.5. The second-order valence-electron chi connectivity index (χ2n) is 5.58. The first-order valence-electron chi connectivity index (χ1n) is 6.36. The second kappa shape index (κ2) is 6.91. The van der Waals surface area contributed by atoms with Crippen molar-refractivity contribution in [1.82, 2.24) is 5.32 Å². The maximum atomic E-state index is 13.8. The molecular weight excluding hydrogens is 320 g/mol. The lowest BCUT2D eigenvalue weighted by atomic mass is 10.1. The molecule has 1 rings (SSSR count). The Morgan fingerprint density at radius 3 is 2.45 bits per heavy atom. The Bertz CT molecular complexity index is 587. The number of amides is 1. The minimum absolute atomic E-state index is 0.130. The molecule has 0 fully saturated rings. The molecule has 0 aliphatic carbocycles. The van der Waals surface area contributed by atoms with Gasteiger partial charge in [0.25, 0.3) is 0 Å². The van der Waals surface area contributed by atoms with Crippen LogP contribution in [-0.2, 0) is 16.0 Å². The number of benzene rings is 1. The summed E-state index contributed by atoms with van der Waals surface area (Å²) < 4.78 is 31.8. The largest absolute Gasteiger partial charge is 0.480 e. The van der Waals surface area contributed by atoms with Crippen LogP contribution in [0, 0.1) is 11.6 Å². The fourth-order valence-electron chi connectivity index (χ4n) is 1.59. The first-order chi connectivity index (χ1) is 10.0. The number of halogens is 3. The molecule has 0 saturated carbocycles. The summed E-state index contributed by atoms with van der Waals surface area (Å²) in [7, 11) is 0. The number of carbonyl (C=O) groups is 2. The molecule has 0 spiro atoms. The van der Waals surface area contributed by atoms with Crippen LogP contribution in [0.1, 0.15) is 26.3 Å². The van der Waals surface area contributed by atoms with Gasteiger partial charge in [-0.15, -0.1) is 0 Å². The summed E-state index contributed by atoms with van der Waals surface area (Å²) in [5.41, 5.74) is -0.938. The summed E-state index contributed by atoms with van der Waals surface area (Å²) in [4.78, 5) is 22.8. The molecule has 1 atom stereocenters. The van der Waals surface area contributed by atoms with Gasteiger partial charge in [-0.05, 0) is 32.4 Å². The minimum Gasteiger partial charge on any atom is -0.480 e. The molecule has 2 N–H and O–H groups in total. The van der Waals surface area contributed by atoms with Crippen LogP contribution in [0.3, 0.4) is 0 Å². The van der Waals surface area contributed by atoms with Crippen molar-refractivity contribution in [3.63, 3.8) is 0 Å². The number of carbonyl (C=O) groups excluding carboxylic acids is 1. The van der Waals surface area contributed by atoms with E-state index in [1.807, 2.05) is 0 Å². The molecule has 0 radical (unpaired) electrons. The summed E-state index contributed by atoms with van der Waals surface area (Å²) in [5, 5.41) is 10.5. The minimum atomic E-state index is -1.44. The van der Waals surface area contributed by atoms with Gasteiger partial charge < -0.3 is 15.2 Å². The van der Waals surface area contributed by atoms with E-state index in [-0.39, 0.29) is 5.56 Å². The Labute approximate surface area is 131 Å². The van der Waals surface area contributed by atoms with E-state index < -0.39 is 46.8 Å². The molecule has 1 aromatic carbocycles. The smallest absolute Gasteiger partial charge is 0.408 e. The molecular formula is C14H16ClF2NO4. The van der Waals surface area contributed by atoms with Gasteiger partial charge in [0.2, 0.25) is 0 Å². The lowest BCUT2D eigenvalue weighted by molar-refractivity contribution is -0.139. The Morgan fingerprint density at radius 2 is 1.95 bits per heavy atom. The van der Waals surface area contributed by atoms with Crippen LogP contribution in [0.25, 0.3) is 0 Å². The molecule has 5 nitrogen and oxygen atoms in total. The average molecular weight is 336 g/mol. The fourth-order valence-corrected chi connectivity index (χ4v) is 1.78. The van der Waals surface area contributed by atoms with E-state index in [1.54, 1.807) is 20.8 Å². The molecule has 122 valence electrons. The number of hydrogen-bond acceptors (Lipinski definition) is 3. The Kier molecular flexibility index (Phi) is 5.71. The Hall–Kier alpha value is -1.89. The average Bonchev–Trinajstić information content (AvgIpc) is 2.36. The van der Waals surface area contributed by atoms with Crippen LogP contribution in [-0.4, -0.2) is 28.8 Å². The maximum absolute atomic E-state index is 13.8. The van der Waals surface area contributed by atoms with E-state index in [4.69, 9.17) is 21.4 Å². The predicted molar refractivity (Wildman–Crippen MR) is 75.9 cm³/mol. The molecule has 1 aromatic rings. The monoisotopic (exact) mass is 335 g/mol. The summed E-state index contributed by atoms with van der Waals surface area (Å²) in [5.74, 6) is -3.39. The highest BCUT2D eigenvalue weighted by Gasteiger charge is 2.26. The summed E-state index contributed by atoms with van der Waals surface area (Å²) >= 11 is 5.43. The Balaban J connectivity index is 2.88. The maximum Gasteiger partial charge on any atom is 0.408 e. The highest BCUT2D eigenvalue weighted by Crippen LogP contribution is 2.23. The molecule has 0 heterocycles. The molecule has 8 heteroatoms. The van der Waals surface area contributed by atoms with Gasteiger partial charge in [0.1, 0.15) is 28.3 Å². The van der Waals surface area contributed by atoms with Gasteiger partial charge in [-0.25, -0.2) is 18.4 Å². The molecule has 0 saturated heterocycles. The van der Waals surface area contributed by atoms with Crippen molar-refractivity contribution in [2.75, 3.05) is 0 Å². The van der Waals surface area contributed by atoms with Crippen LogP contribution in [0.5, 0.6) is 0 Å². The predicted octanol–water partition coefficient (Wildman–Crippen LogP) is 3.14. The quantitative estimate of drug-likeness (QED) is 0.829. The van der Waals surface area contributed by atoms with Gasteiger partial charge in [-0.1, -0.05) is 17.7 Å². The third-order valence-electron chi connectivity index (χ3n) is 2.53. The number of aliphatic carboxylic acids is 1. The van der Waals surface area contributed by atoms with Gasteiger partial charge in [0.05, 0.1) is 0 Å².